The Morgan fingerprint density at radius 1 is 1.04 bits per heavy atom. The Labute approximate surface area is 184 Å². The second-order valence-corrected chi connectivity index (χ2v) is 6.95. The number of guanidine groups is 1. The van der Waals surface area contributed by atoms with Gasteiger partial charge in [-0.15, -0.1) is 35.3 Å². The smallest absolute Gasteiger partial charge is 0.191 e. The third-order valence-electron chi connectivity index (χ3n) is 3.91. The minimum atomic E-state index is -0.436. The van der Waals surface area contributed by atoms with E-state index in [2.05, 4.69) is 15.6 Å². The second kappa shape index (κ2) is 11.8. The van der Waals surface area contributed by atoms with Crippen molar-refractivity contribution in [2.24, 2.45) is 4.99 Å². The number of hydrogen-bond acceptors (Lipinski definition) is 3. The zero-order valence-corrected chi connectivity index (χ0v) is 18.3. The maximum Gasteiger partial charge on any atom is 0.191 e. The standard InChI is InChI=1S/C20H21F2N3OS.HI/c21-16-5-6-19(22)15(13-16)7-9-23-20(25-14-18-4-2-12-27-18)24-10-8-17-3-1-11-26-17;/h1-6,11-13H,7-10,14H2,(H2,23,24,25);1H. The molecule has 0 saturated heterocycles. The van der Waals surface area contributed by atoms with E-state index in [9.17, 15) is 8.78 Å². The first-order chi connectivity index (χ1) is 13.2. The number of thiophene rings is 1. The van der Waals surface area contributed by atoms with Gasteiger partial charge in [-0.3, -0.25) is 0 Å². The Morgan fingerprint density at radius 2 is 1.86 bits per heavy atom. The maximum absolute atomic E-state index is 13.7. The van der Waals surface area contributed by atoms with Gasteiger partial charge in [0.05, 0.1) is 12.8 Å². The van der Waals surface area contributed by atoms with Crippen molar-refractivity contribution in [3.63, 3.8) is 0 Å². The molecule has 0 atom stereocenters. The summed E-state index contributed by atoms with van der Waals surface area (Å²) in [6.07, 6.45) is 2.74. The fraction of sp³-hybridized carbons (Fsp3) is 0.250. The van der Waals surface area contributed by atoms with Crippen LogP contribution in [0.4, 0.5) is 8.78 Å². The predicted molar refractivity (Wildman–Crippen MR) is 119 cm³/mol. The first-order valence-electron chi connectivity index (χ1n) is 8.71. The summed E-state index contributed by atoms with van der Waals surface area (Å²) in [5.41, 5.74) is 0.343. The molecule has 8 heteroatoms. The van der Waals surface area contributed by atoms with Crippen LogP contribution in [0.15, 0.2) is 63.5 Å². The molecule has 0 aliphatic heterocycles. The van der Waals surface area contributed by atoms with Gasteiger partial charge in [0.2, 0.25) is 0 Å². The molecule has 28 heavy (non-hydrogen) atoms. The van der Waals surface area contributed by atoms with Crippen LogP contribution in [-0.2, 0) is 19.4 Å². The third-order valence-corrected chi connectivity index (χ3v) is 4.77. The lowest BCUT2D eigenvalue weighted by atomic mass is 10.1. The molecule has 3 rings (SSSR count). The SMILES string of the molecule is Fc1ccc(F)c(CCNC(=NCc2cccs2)NCCc2ccco2)c1.I. The monoisotopic (exact) mass is 517 g/mol. The fourth-order valence-electron chi connectivity index (χ4n) is 2.54. The van der Waals surface area contributed by atoms with Gasteiger partial charge in [0, 0.05) is 24.4 Å². The van der Waals surface area contributed by atoms with Crippen molar-refractivity contribution in [3.8, 4) is 0 Å². The molecule has 0 fully saturated rings. The van der Waals surface area contributed by atoms with E-state index in [0.29, 0.717) is 37.6 Å². The molecule has 0 bridgehead atoms. The molecule has 0 aliphatic rings. The molecule has 0 aliphatic carbocycles. The van der Waals surface area contributed by atoms with Crippen LogP contribution < -0.4 is 10.6 Å². The third kappa shape index (κ3) is 7.23. The Bertz CT molecular complexity index is 854. The van der Waals surface area contributed by atoms with Crippen LogP contribution in [0.3, 0.4) is 0 Å². The molecule has 0 unspecified atom stereocenters. The van der Waals surface area contributed by atoms with Crippen molar-refractivity contribution in [2.45, 2.75) is 19.4 Å². The van der Waals surface area contributed by atoms with Gasteiger partial charge in [0.15, 0.2) is 5.96 Å². The van der Waals surface area contributed by atoms with Crippen molar-refractivity contribution in [2.75, 3.05) is 13.1 Å². The van der Waals surface area contributed by atoms with Gasteiger partial charge in [-0.2, -0.15) is 0 Å². The first-order valence-corrected chi connectivity index (χ1v) is 9.59. The normalized spacial score (nSPS) is 11.1. The fourth-order valence-corrected chi connectivity index (χ4v) is 3.17. The van der Waals surface area contributed by atoms with Gasteiger partial charge in [0.1, 0.15) is 17.4 Å². The molecular weight excluding hydrogens is 495 g/mol. The van der Waals surface area contributed by atoms with Gasteiger partial charge < -0.3 is 15.1 Å². The highest BCUT2D eigenvalue weighted by Gasteiger charge is 2.05. The molecule has 2 heterocycles. The molecular formula is C20H22F2IN3OS. The van der Waals surface area contributed by atoms with Crippen LogP contribution in [0.2, 0.25) is 0 Å². The molecule has 150 valence electrons. The topological polar surface area (TPSA) is 49.6 Å². The van der Waals surface area contributed by atoms with Gasteiger partial charge in [0.25, 0.3) is 0 Å². The van der Waals surface area contributed by atoms with E-state index in [4.69, 9.17) is 4.42 Å². The van der Waals surface area contributed by atoms with Crippen LogP contribution in [0.25, 0.3) is 0 Å². The molecule has 2 N–H and O–H groups in total. The van der Waals surface area contributed by atoms with Crippen molar-refractivity contribution >= 4 is 41.3 Å². The Balaban J connectivity index is 0.00000280. The first kappa shape index (κ1) is 22.4. The van der Waals surface area contributed by atoms with Gasteiger partial charge in [-0.05, 0) is 53.8 Å². The highest BCUT2D eigenvalue weighted by Crippen LogP contribution is 2.10. The summed E-state index contributed by atoms with van der Waals surface area (Å²) in [5, 5.41) is 8.44. The number of rotatable bonds is 8. The molecule has 4 nitrogen and oxygen atoms in total. The number of benzene rings is 1. The summed E-state index contributed by atoms with van der Waals surface area (Å²) in [5.74, 6) is 0.685. The summed E-state index contributed by atoms with van der Waals surface area (Å²) < 4.78 is 32.3. The Hall–Kier alpha value is -1.94. The molecule has 2 aromatic heterocycles. The molecule has 0 saturated carbocycles. The Kier molecular flexibility index (Phi) is 9.42. The van der Waals surface area contributed by atoms with E-state index < -0.39 is 11.6 Å². The zero-order valence-electron chi connectivity index (χ0n) is 15.2. The number of nitrogens with zero attached hydrogens (tertiary/aromatic N) is 1. The summed E-state index contributed by atoms with van der Waals surface area (Å²) in [6, 6.07) is 11.3. The zero-order chi connectivity index (χ0) is 18.9. The Morgan fingerprint density at radius 3 is 2.57 bits per heavy atom. The summed E-state index contributed by atoms with van der Waals surface area (Å²) in [4.78, 5) is 5.71. The van der Waals surface area contributed by atoms with Crippen molar-refractivity contribution in [1.29, 1.82) is 0 Å². The maximum atomic E-state index is 13.7. The highest BCUT2D eigenvalue weighted by molar-refractivity contribution is 14.0. The summed E-state index contributed by atoms with van der Waals surface area (Å²) >= 11 is 1.64. The van der Waals surface area contributed by atoms with E-state index in [1.165, 1.54) is 6.07 Å². The molecule has 0 spiro atoms. The molecule has 1 aromatic carbocycles. The van der Waals surface area contributed by atoms with E-state index in [-0.39, 0.29) is 24.0 Å². The van der Waals surface area contributed by atoms with Gasteiger partial charge in [-0.25, -0.2) is 13.8 Å². The number of hydrogen-bond donors (Lipinski definition) is 2. The molecule has 0 radical (unpaired) electrons. The summed E-state index contributed by atoms with van der Waals surface area (Å²) in [7, 11) is 0. The van der Waals surface area contributed by atoms with Gasteiger partial charge in [-0.1, -0.05) is 6.07 Å². The second-order valence-electron chi connectivity index (χ2n) is 5.91. The average Bonchev–Trinajstić information content (AvgIpc) is 3.36. The van der Waals surface area contributed by atoms with Crippen molar-refractivity contribution < 1.29 is 13.2 Å². The van der Waals surface area contributed by atoms with E-state index in [1.807, 2.05) is 29.6 Å². The van der Waals surface area contributed by atoms with Crippen molar-refractivity contribution in [1.82, 2.24) is 10.6 Å². The van der Waals surface area contributed by atoms with E-state index in [0.717, 1.165) is 29.2 Å². The van der Waals surface area contributed by atoms with Crippen molar-refractivity contribution in [3.05, 3.63) is 81.9 Å². The van der Waals surface area contributed by atoms with E-state index >= 15 is 0 Å². The lowest BCUT2D eigenvalue weighted by molar-refractivity contribution is 0.506. The lowest BCUT2D eigenvalue weighted by Crippen LogP contribution is -2.39. The summed E-state index contributed by atoms with van der Waals surface area (Å²) in [6.45, 7) is 1.65. The largest absolute Gasteiger partial charge is 0.469 e. The highest BCUT2D eigenvalue weighted by atomic mass is 127. The quantitative estimate of drug-likeness (QED) is 0.258. The van der Waals surface area contributed by atoms with Crippen LogP contribution in [-0.4, -0.2) is 19.0 Å². The minimum Gasteiger partial charge on any atom is -0.469 e. The van der Waals surface area contributed by atoms with Crippen LogP contribution in [0.5, 0.6) is 0 Å². The lowest BCUT2D eigenvalue weighted by Gasteiger charge is -2.12. The van der Waals surface area contributed by atoms with Crippen LogP contribution in [0, 0.1) is 11.6 Å². The molecule has 0 amide bonds. The number of aliphatic imine (C=N–C) groups is 1. The average molecular weight is 517 g/mol. The molecule has 3 aromatic rings. The van der Waals surface area contributed by atoms with E-state index in [1.54, 1.807) is 17.6 Å². The number of halogens is 3. The van der Waals surface area contributed by atoms with Crippen LogP contribution >= 0.6 is 35.3 Å². The minimum absolute atomic E-state index is 0. The number of nitrogens with one attached hydrogen (secondary N) is 2. The van der Waals surface area contributed by atoms with Gasteiger partial charge >= 0.3 is 0 Å². The predicted octanol–water partition coefficient (Wildman–Crippen LogP) is 4.76. The number of furan rings is 1. The van der Waals surface area contributed by atoms with Crippen LogP contribution in [0.1, 0.15) is 16.2 Å².